The molecule has 0 saturated heterocycles. The highest BCUT2D eigenvalue weighted by Gasteiger charge is 2.15. The molecule has 0 aliphatic rings. The van der Waals surface area contributed by atoms with Crippen molar-refractivity contribution >= 4 is 5.97 Å². The van der Waals surface area contributed by atoms with Crippen LogP contribution in [0.15, 0.2) is 48.5 Å². The van der Waals surface area contributed by atoms with E-state index in [0.717, 1.165) is 70.9 Å². The van der Waals surface area contributed by atoms with Gasteiger partial charge >= 0.3 is 5.97 Å². The van der Waals surface area contributed by atoms with Gasteiger partial charge in [0, 0.05) is 12.1 Å². The minimum Gasteiger partial charge on any atom is -0.497 e. The summed E-state index contributed by atoms with van der Waals surface area (Å²) in [5, 5.41) is 0. The summed E-state index contributed by atoms with van der Waals surface area (Å²) in [7, 11) is 9.53. The molecule has 0 aliphatic heterocycles. The Bertz CT molecular complexity index is 1160. The molecule has 7 nitrogen and oxygen atoms in total. The maximum Gasteiger partial charge on any atom is 0.341 e. The van der Waals surface area contributed by atoms with Crippen LogP contribution in [0.25, 0.3) is 0 Å². The molecule has 0 N–H and O–H groups in total. The van der Waals surface area contributed by atoms with Gasteiger partial charge in [-0.15, -0.1) is 0 Å². The van der Waals surface area contributed by atoms with Gasteiger partial charge in [0.05, 0.1) is 42.7 Å². The third-order valence-corrected chi connectivity index (χ3v) is 6.13. The van der Waals surface area contributed by atoms with Crippen molar-refractivity contribution < 1.29 is 33.2 Å². The molecule has 3 rings (SSSR count). The number of carbonyl (C=O) groups is 1. The van der Waals surface area contributed by atoms with Gasteiger partial charge in [0.15, 0.2) is 0 Å². The van der Waals surface area contributed by atoms with E-state index in [0.29, 0.717) is 11.3 Å². The minimum atomic E-state index is -0.423. The highest BCUT2D eigenvalue weighted by molar-refractivity contribution is 5.92. The van der Waals surface area contributed by atoms with Crippen LogP contribution in [0.4, 0.5) is 0 Å². The molecule has 3 aromatic rings. The fraction of sp³-hybridized carbons (Fsp3) is 0.345. The van der Waals surface area contributed by atoms with Crippen molar-refractivity contribution in [1.82, 2.24) is 0 Å². The molecule has 0 saturated carbocycles. The van der Waals surface area contributed by atoms with E-state index in [1.54, 1.807) is 41.6 Å². The van der Waals surface area contributed by atoms with Crippen LogP contribution in [0.2, 0.25) is 0 Å². The Labute approximate surface area is 212 Å². The molecular weight excluding hydrogens is 460 g/mol. The van der Waals surface area contributed by atoms with E-state index in [1.165, 1.54) is 7.11 Å². The molecule has 0 amide bonds. The fourth-order valence-corrected chi connectivity index (χ4v) is 4.17. The Hall–Kier alpha value is -3.87. The average molecular weight is 495 g/mol. The lowest BCUT2D eigenvalue weighted by molar-refractivity contribution is 0.0597. The van der Waals surface area contributed by atoms with E-state index in [1.807, 2.05) is 36.4 Å². The smallest absolute Gasteiger partial charge is 0.341 e. The van der Waals surface area contributed by atoms with Crippen LogP contribution in [0.5, 0.6) is 28.7 Å². The van der Waals surface area contributed by atoms with Gasteiger partial charge in [-0.25, -0.2) is 4.79 Å². The number of methoxy groups -OCH3 is 6. The second-order valence-corrected chi connectivity index (χ2v) is 8.22. The lowest BCUT2D eigenvalue weighted by Gasteiger charge is -2.16. The van der Waals surface area contributed by atoms with Gasteiger partial charge in [0.25, 0.3) is 0 Å². The highest BCUT2D eigenvalue weighted by Crippen LogP contribution is 2.32. The number of ether oxygens (including phenoxy) is 6. The van der Waals surface area contributed by atoms with Gasteiger partial charge in [-0.05, 0) is 78.3 Å². The molecule has 0 aliphatic carbocycles. The largest absolute Gasteiger partial charge is 0.497 e. The Morgan fingerprint density at radius 3 is 1.61 bits per heavy atom. The number of hydrogen-bond acceptors (Lipinski definition) is 7. The van der Waals surface area contributed by atoms with Crippen LogP contribution in [0.1, 0.15) is 32.6 Å². The molecule has 36 heavy (non-hydrogen) atoms. The van der Waals surface area contributed by atoms with E-state index in [4.69, 9.17) is 28.4 Å². The average Bonchev–Trinajstić information content (AvgIpc) is 2.93. The first kappa shape index (κ1) is 26.7. The monoisotopic (exact) mass is 494 g/mol. The zero-order valence-electron chi connectivity index (χ0n) is 21.8. The second kappa shape index (κ2) is 12.7. The van der Waals surface area contributed by atoms with Crippen LogP contribution in [0.3, 0.4) is 0 Å². The maximum absolute atomic E-state index is 12.0. The Morgan fingerprint density at radius 1 is 0.556 bits per heavy atom. The summed E-state index contributed by atoms with van der Waals surface area (Å²) in [5.74, 6) is 3.16. The van der Waals surface area contributed by atoms with Crippen molar-refractivity contribution in [3.05, 3.63) is 76.3 Å². The molecule has 0 unspecified atom stereocenters. The third kappa shape index (κ3) is 6.42. The predicted octanol–water partition coefficient (Wildman–Crippen LogP) is 5.09. The summed E-state index contributed by atoms with van der Waals surface area (Å²) in [6.45, 7) is 0. The van der Waals surface area contributed by atoms with Crippen molar-refractivity contribution in [2.24, 2.45) is 0 Å². The predicted molar refractivity (Wildman–Crippen MR) is 138 cm³/mol. The second-order valence-electron chi connectivity index (χ2n) is 8.22. The van der Waals surface area contributed by atoms with E-state index in [9.17, 15) is 4.79 Å². The van der Waals surface area contributed by atoms with E-state index < -0.39 is 5.97 Å². The maximum atomic E-state index is 12.0. The molecule has 0 radical (unpaired) electrons. The van der Waals surface area contributed by atoms with E-state index in [2.05, 4.69) is 6.07 Å². The lowest BCUT2D eigenvalue weighted by atomic mass is 9.97. The van der Waals surface area contributed by atoms with Gasteiger partial charge in [0.2, 0.25) is 0 Å². The van der Waals surface area contributed by atoms with Crippen molar-refractivity contribution in [3.8, 4) is 28.7 Å². The number of rotatable bonds is 12. The molecule has 0 bridgehead atoms. The lowest BCUT2D eigenvalue weighted by Crippen LogP contribution is -2.05. The van der Waals surface area contributed by atoms with Gasteiger partial charge < -0.3 is 28.4 Å². The van der Waals surface area contributed by atoms with Gasteiger partial charge in [-0.3, -0.25) is 0 Å². The van der Waals surface area contributed by atoms with Crippen molar-refractivity contribution in [3.63, 3.8) is 0 Å². The normalized spacial score (nSPS) is 10.5. The number of hydrogen-bond donors (Lipinski definition) is 0. The summed E-state index contributed by atoms with van der Waals surface area (Å²) in [6, 6.07) is 15.5. The van der Waals surface area contributed by atoms with Crippen LogP contribution in [-0.4, -0.2) is 48.6 Å². The van der Waals surface area contributed by atoms with Gasteiger partial charge in [0.1, 0.15) is 34.3 Å². The first-order chi connectivity index (χ1) is 17.5. The standard InChI is InChI=1S/C29H34O7/c1-31-23-13-20(14-24(17-23)32-2)8-11-22-16-21(26(33-3)18-27(22)34-4)10-7-19-9-12-25(29(30)36-6)28(15-19)35-5/h9,12-18H,7-8,10-11H2,1-6H3. The highest BCUT2D eigenvalue weighted by atomic mass is 16.5. The molecule has 0 heterocycles. The molecule has 0 aromatic heterocycles. The SMILES string of the molecule is COC(=O)c1ccc(CCc2cc(CCc3cc(OC)cc(OC)c3)c(OC)cc2OC)cc1OC. The molecule has 3 aromatic carbocycles. The van der Waals surface area contributed by atoms with Gasteiger partial charge in [-0.1, -0.05) is 6.07 Å². The zero-order chi connectivity index (χ0) is 26.1. The van der Waals surface area contributed by atoms with Gasteiger partial charge in [-0.2, -0.15) is 0 Å². The first-order valence-corrected chi connectivity index (χ1v) is 11.7. The number of aryl methyl sites for hydroxylation is 4. The topological polar surface area (TPSA) is 72.5 Å². The Balaban J connectivity index is 1.82. The quantitative estimate of drug-likeness (QED) is 0.325. The molecular formula is C29H34O7. The Morgan fingerprint density at radius 2 is 1.11 bits per heavy atom. The molecule has 192 valence electrons. The summed E-state index contributed by atoms with van der Waals surface area (Å²) in [6.07, 6.45) is 3.06. The summed E-state index contributed by atoms with van der Waals surface area (Å²) < 4.78 is 32.4. The van der Waals surface area contributed by atoms with Crippen LogP contribution in [0, 0.1) is 0 Å². The van der Waals surface area contributed by atoms with Crippen molar-refractivity contribution in [2.75, 3.05) is 42.7 Å². The zero-order valence-corrected chi connectivity index (χ0v) is 21.8. The third-order valence-electron chi connectivity index (χ3n) is 6.13. The fourth-order valence-electron chi connectivity index (χ4n) is 4.17. The number of esters is 1. The number of benzene rings is 3. The minimum absolute atomic E-state index is 0.405. The van der Waals surface area contributed by atoms with E-state index >= 15 is 0 Å². The number of carbonyl (C=O) groups excluding carboxylic acids is 1. The van der Waals surface area contributed by atoms with E-state index in [-0.39, 0.29) is 0 Å². The molecule has 7 heteroatoms. The van der Waals surface area contributed by atoms with Crippen LogP contribution < -0.4 is 23.7 Å². The summed E-state index contributed by atoms with van der Waals surface area (Å²) in [5.41, 5.74) is 4.73. The first-order valence-electron chi connectivity index (χ1n) is 11.7. The summed E-state index contributed by atoms with van der Waals surface area (Å²) in [4.78, 5) is 12.0. The summed E-state index contributed by atoms with van der Waals surface area (Å²) >= 11 is 0. The Kier molecular flexibility index (Phi) is 9.45. The van der Waals surface area contributed by atoms with Crippen LogP contribution in [-0.2, 0) is 30.4 Å². The van der Waals surface area contributed by atoms with Crippen molar-refractivity contribution in [1.29, 1.82) is 0 Å². The van der Waals surface area contributed by atoms with Crippen LogP contribution >= 0.6 is 0 Å². The molecule has 0 fully saturated rings. The molecule has 0 atom stereocenters. The van der Waals surface area contributed by atoms with Crippen molar-refractivity contribution in [2.45, 2.75) is 25.7 Å². The molecule has 0 spiro atoms.